The van der Waals surface area contributed by atoms with Gasteiger partial charge in [0.1, 0.15) is 5.03 Å². The second kappa shape index (κ2) is 5.55. The lowest BCUT2D eigenvalue weighted by atomic mass is 10.2. The van der Waals surface area contributed by atoms with Crippen LogP contribution >= 0.6 is 11.8 Å². The van der Waals surface area contributed by atoms with Gasteiger partial charge in [0, 0.05) is 18.1 Å². The van der Waals surface area contributed by atoms with E-state index in [9.17, 15) is 4.79 Å². The number of hydrogen-bond donors (Lipinski definition) is 1. The van der Waals surface area contributed by atoms with E-state index in [1.807, 2.05) is 0 Å². The van der Waals surface area contributed by atoms with Gasteiger partial charge in [-0.15, -0.1) is 11.8 Å². The van der Waals surface area contributed by atoms with Gasteiger partial charge in [0.2, 0.25) is 0 Å². The van der Waals surface area contributed by atoms with Crippen molar-refractivity contribution in [3.63, 3.8) is 0 Å². The van der Waals surface area contributed by atoms with Crippen molar-refractivity contribution in [3.8, 4) is 0 Å². The van der Waals surface area contributed by atoms with Crippen LogP contribution in [0.15, 0.2) is 17.4 Å². The number of nitrogen functional groups attached to an aromatic ring is 1. The Labute approximate surface area is 92.4 Å². The Morgan fingerprint density at radius 2 is 2.27 bits per heavy atom. The minimum absolute atomic E-state index is 0.179. The highest BCUT2D eigenvalue weighted by Gasteiger charge is 2.14. The van der Waals surface area contributed by atoms with Crippen molar-refractivity contribution in [2.45, 2.75) is 11.9 Å². The van der Waals surface area contributed by atoms with Crippen molar-refractivity contribution in [1.29, 1.82) is 0 Å². The van der Waals surface area contributed by atoms with Gasteiger partial charge in [-0.05, 0) is 0 Å². The van der Waals surface area contributed by atoms with Gasteiger partial charge in [-0.3, -0.25) is 4.79 Å². The first-order valence-electron chi connectivity index (χ1n) is 4.42. The summed E-state index contributed by atoms with van der Waals surface area (Å²) in [5.41, 5.74) is 5.60. The predicted molar refractivity (Wildman–Crippen MR) is 58.3 cm³/mol. The molecule has 1 aromatic rings. The molecule has 0 saturated heterocycles. The van der Waals surface area contributed by atoms with Crippen LogP contribution in [0.3, 0.4) is 0 Å². The molecular weight excluding hydrogens is 214 g/mol. The molecule has 0 bridgehead atoms. The topological polar surface area (TPSA) is 78.1 Å². The third-order valence-electron chi connectivity index (χ3n) is 1.76. The van der Waals surface area contributed by atoms with Crippen LogP contribution in [0, 0.1) is 5.92 Å². The molecule has 1 aromatic heterocycles. The first-order chi connectivity index (χ1) is 7.15. The Bertz CT molecular complexity index is 346. The first kappa shape index (κ1) is 11.8. The molecule has 0 aliphatic carbocycles. The number of aromatic nitrogens is 2. The molecule has 0 spiro atoms. The van der Waals surface area contributed by atoms with E-state index in [0.29, 0.717) is 16.6 Å². The summed E-state index contributed by atoms with van der Waals surface area (Å²) < 4.78 is 4.61. The minimum Gasteiger partial charge on any atom is -0.469 e. The number of esters is 1. The monoisotopic (exact) mass is 227 g/mol. The zero-order valence-electron chi connectivity index (χ0n) is 8.64. The van der Waals surface area contributed by atoms with Crippen LogP contribution in [-0.4, -0.2) is 28.8 Å². The summed E-state index contributed by atoms with van der Waals surface area (Å²) >= 11 is 1.40. The summed E-state index contributed by atoms with van der Waals surface area (Å²) in [6.45, 7) is 1.80. The lowest BCUT2D eigenvalue weighted by Crippen LogP contribution is -2.15. The highest BCUT2D eigenvalue weighted by Crippen LogP contribution is 2.22. The molecule has 15 heavy (non-hydrogen) atoms. The summed E-state index contributed by atoms with van der Waals surface area (Å²) in [5, 5.41) is 0.647. The van der Waals surface area contributed by atoms with Crippen molar-refractivity contribution in [2.24, 2.45) is 5.92 Å². The first-order valence-corrected chi connectivity index (χ1v) is 5.40. The van der Waals surface area contributed by atoms with Crippen molar-refractivity contribution in [1.82, 2.24) is 9.97 Å². The largest absolute Gasteiger partial charge is 0.469 e. The molecule has 6 heteroatoms. The van der Waals surface area contributed by atoms with Gasteiger partial charge in [0.15, 0.2) is 5.82 Å². The van der Waals surface area contributed by atoms with Crippen molar-refractivity contribution >= 4 is 23.5 Å². The van der Waals surface area contributed by atoms with Crippen LogP contribution in [0.5, 0.6) is 0 Å². The van der Waals surface area contributed by atoms with E-state index in [-0.39, 0.29) is 11.9 Å². The van der Waals surface area contributed by atoms with E-state index in [2.05, 4.69) is 14.7 Å². The quantitative estimate of drug-likeness (QED) is 0.609. The van der Waals surface area contributed by atoms with Gasteiger partial charge in [0.25, 0.3) is 0 Å². The molecule has 1 heterocycles. The molecule has 5 nitrogen and oxygen atoms in total. The third-order valence-corrected chi connectivity index (χ3v) is 3.02. The maximum Gasteiger partial charge on any atom is 0.309 e. The molecule has 0 aromatic carbocycles. The Hall–Kier alpha value is -1.30. The molecule has 0 radical (unpaired) electrons. The van der Waals surface area contributed by atoms with Gasteiger partial charge >= 0.3 is 5.97 Å². The van der Waals surface area contributed by atoms with Crippen molar-refractivity contribution in [3.05, 3.63) is 12.4 Å². The smallest absolute Gasteiger partial charge is 0.309 e. The van der Waals surface area contributed by atoms with E-state index < -0.39 is 0 Å². The number of carbonyl (C=O) groups is 1. The van der Waals surface area contributed by atoms with Gasteiger partial charge in [-0.25, -0.2) is 9.97 Å². The molecule has 2 N–H and O–H groups in total. The minimum atomic E-state index is -0.232. The zero-order chi connectivity index (χ0) is 11.3. The van der Waals surface area contributed by atoms with Gasteiger partial charge in [-0.2, -0.15) is 0 Å². The normalized spacial score (nSPS) is 12.1. The number of carbonyl (C=O) groups excluding carboxylic acids is 1. The summed E-state index contributed by atoms with van der Waals surface area (Å²) in [7, 11) is 1.38. The fourth-order valence-electron chi connectivity index (χ4n) is 0.920. The zero-order valence-corrected chi connectivity index (χ0v) is 9.45. The number of methoxy groups -OCH3 is 1. The summed E-state index contributed by atoms with van der Waals surface area (Å²) in [6.07, 6.45) is 3.10. The average molecular weight is 227 g/mol. The third kappa shape index (κ3) is 3.39. The molecular formula is C9H13N3O2S. The molecule has 0 aliphatic heterocycles. The van der Waals surface area contributed by atoms with E-state index in [1.54, 1.807) is 13.1 Å². The van der Waals surface area contributed by atoms with Gasteiger partial charge < -0.3 is 10.5 Å². The highest BCUT2D eigenvalue weighted by molar-refractivity contribution is 7.99. The molecule has 0 aliphatic rings. The number of nitrogens with two attached hydrogens (primary N) is 1. The summed E-state index contributed by atoms with van der Waals surface area (Å²) in [4.78, 5) is 19.1. The Balaban J connectivity index is 2.50. The highest BCUT2D eigenvalue weighted by atomic mass is 32.2. The maximum atomic E-state index is 11.1. The van der Waals surface area contributed by atoms with Crippen LogP contribution in [0.2, 0.25) is 0 Å². The molecule has 0 saturated carbocycles. The predicted octanol–water partition coefficient (Wildman–Crippen LogP) is 0.960. The lowest BCUT2D eigenvalue weighted by molar-refractivity contribution is -0.143. The van der Waals surface area contributed by atoms with E-state index >= 15 is 0 Å². The van der Waals surface area contributed by atoms with Gasteiger partial charge in [0.05, 0.1) is 13.0 Å². The second-order valence-electron chi connectivity index (χ2n) is 2.98. The van der Waals surface area contributed by atoms with Crippen LogP contribution in [0.25, 0.3) is 0 Å². The number of hydrogen-bond acceptors (Lipinski definition) is 6. The molecule has 1 rings (SSSR count). The summed E-state index contributed by atoms with van der Waals surface area (Å²) in [5.74, 6) is 0.557. The molecule has 0 amide bonds. The molecule has 0 fully saturated rings. The number of ether oxygens (including phenoxy) is 1. The van der Waals surface area contributed by atoms with E-state index in [0.717, 1.165) is 0 Å². The van der Waals surface area contributed by atoms with E-state index in [4.69, 9.17) is 5.73 Å². The second-order valence-corrected chi connectivity index (χ2v) is 3.99. The fourth-order valence-corrected chi connectivity index (χ4v) is 1.80. The van der Waals surface area contributed by atoms with Crippen molar-refractivity contribution < 1.29 is 9.53 Å². The van der Waals surface area contributed by atoms with Crippen molar-refractivity contribution in [2.75, 3.05) is 18.6 Å². The number of rotatable bonds is 4. The standard InChI is InChI=1S/C9H13N3O2S/c1-6(9(13)14-2)5-15-8-7(10)11-3-4-12-8/h3-4,6H,5H2,1-2H3,(H2,10,11). The number of thioether (sulfide) groups is 1. The van der Waals surface area contributed by atoms with Crippen LogP contribution < -0.4 is 5.73 Å². The lowest BCUT2D eigenvalue weighted by Gasteiger charge is -2.08. The Morgan fingerprint density at radius 3 is 2.87 bits per heavy atom. The summed E-state index contributed by atoms with van der Waals surface area (Å²) in [6, 6.07) is 0. The van der Waals surface area contributed by atoms with Crippen LogP contribution in [-0.2, 0) is 9.53 Å². The van der Waals surface area contributed by atoms with Crippen LogP contribution in [0.1, 0.15) is 6.92 Å². The average Bonchev–Trinajstić information content (AvgIpc) is 2.26. The number of anilines is 1. The fraction of sp³-hybridized carbons (Fsp3) is 0.444. The molecule has 1 unspecified atom stereocenters. The molecule has 1 atom stereocenters. The van der Waals surface area contributed by atoms with Crippen LogP contribution in [0.4, 0.5) is 5.82 Å². The Morgan fingerprint density at radius 1 is 1.60 bits per heavy atom. The van der Waals surface area contributed by atoms with Gasteiger partial charge in [-0.1, -0.05) is 6.92 Å². The SMILES string of the molecule is COC(=O)C(C)CSc1nccnc1N. The number of nitrogens with zero attached hydrogens (tertiary/aromatic N) is 2. The maximum absolute atomic E-state index is 11.1. The van der Waals surface area contributed by atoms with E-state index in [1.165, 1.54) is 25.1 Å². The molecule has 82 valence electrons. The Kier molecular flexibility index (Phi) is 4.36.